The van der Waals surface area contributed by atoms with Gasteiger partial charge >= 0.3 is 14.6 Å². The Morgan fingerprint density at radius 3 is 1.88 bits per heavy atom. The third-order valence-electron chi connectivity index (χ3n) is 0.202. The van der Waals surface area contributed by atoms with Gasteiger partial charge in [0.1, 0.15) is 0 Å². The van der Waals surface area contributed by atoms with Crippen molar-refractivity contribution in [3.63, 3.8) is 0 Å². The summed E-state index contributed by atoms with van der Waals surface area (Å²) in [6.45, 7) is 0. The number of hydrogen-bond donors (Lipinski definition) is 1. The van der Waals surface area contributed by atoms with E-state index in [2.05, 4.69) is 22.3 Å². The first-order valence-corrected chi connectivity index (χ1v) is 4.02. The quantitative estimate of drug-likeness (QED) is 0.467. The third kappa shape index (κ3) is 6.00. The first-order chi connectivity index (χ1) is 3.42. The Morgan fingerprint density at radius 2 is 1.88 bits per heavy atom. The highest BCUT2D eigenvalue weighted by atomic mass is 35.7. The predicted octanol–water partition coefficient (Wildman–Crippen LogP) is 0.418. The lowest BCUT2D eigenvalue weighted by Crippen LogP contribution is -2.19. The zero-order chi connectivity index (χ0) is 6.78. The van der Waals surface area contributed by atoms with Crippen LogP contribution >= 0.6 is 22.3 Å². The molecule has 7 heteroatoms. The molecule has 0 fully saturated rings. The van der Waals surface area contributed by atoms with Crippen molar-refractivity contribution in [2.24, 2.45) is 0 Å². The smallest absolute Gasteiger partial charge is 0.255 e. The molecule has 0 unspecified atom stereocenters. The van der Waals surface area contributed by atoms with Crippen molar-refractivity contribution in [3.05, 3.63) is 0 Å². The topological polar surface area (TPSA) is 63.2 Å². The molecular formula is CHCl2NO3S. The van der Waals surface area contributed by atoms with Crippen LogP contribution in [0.1, 0.15) is 0 Å². The zero-order valence-electron chi connectivity index (χ0n) is 3.39. The minimum absolute atomic E-state index is 1.22. The van der Waals surface area contributed by atoms with E-state index < -0.39 is 14.6 Å². The highest BCUT2D eigenvalue weighted by Gasteiger charge is 2.05. The molecule has 0 aromatic rings. The zero-order valence-corrected chi connectivity index (χ0v) is 5.72. The molecule has 0 rings (SSSR count). The predicted molar refractivity (Wildman–Crippen MR) is 29.2 cm³/mol. The highest BCUT2D eigenvalue weighted by molar-refractivity contribution is 8.12. The first kappa shape index (κ1) is 8.00. The Morgan fingerprint density at radius 1 is 1.50 bits per heavy atom. The summed E-state index contributed by atoms with van der Waals surface area (Å²) in [6, 6.07) is 0. The number of carbonyl (C=O) groups is 1. The molecule has 48 valence electrons. The number of hydrogen-bond acceptors (Lipinski definition) is 3. The van der Waals surface area contributed by atoms with Crippen LogP contribution < -0.4 is 4.72 Å². The Labute approximate surface area is 55.3 Å². The lowest BCUT2D eigenvalue weighted by Gasteiger charge is -1.88. The lowest BCUT2D eigenvalue weighted by atomic mass is 11.5. The Hall–Kier alpha value is -0.000000000000000111. The summed E-state index contributed by atoms with van der Waals surface area (Å²) < 4.78 is 20.8. The second kappa shape index (κ2) is 2.52. The van der Waals surface area contributed by atoms with Gasteiger partial charge in [-0.05, 0) is 11.6 Å². The van der Waals surface area contributed by atoms with E-state index in [0.29, 0.717) is 0 Å². The second-order valence-corrected chi connectivity index (χ2v) is 3.46. The van der Waals surface area contributed by atoms with Gasteiger partial charge in [-0.2, -0.15) is 8.42 Å². The van der Waals surface area contributed by atoms with Crippen LogP contribution in [0.5, 0.6) is 0 Å². The van der Waals surface area contributed by atoms with E-state index in [1.807, 2.05) is 0 Å². The summed E-state index contributed by atoms with van der Waals surface area (Å²) in [6.07, 6.45) is 0. The fraction of sp³-hybridized carbons (Fsp3) is 0. The van der Waals surface area contributed by atoms with E-state index in [0.717, 1.165) is 0 Å². The second-order valence-electron chi connectivity index (χ2n) is 0.814. The van der Waals surface area contributed by atoms with Gasteiger partial charge in [0, 0.05) is 10.7 Å². The Balaban J connectivity index is 3.95. The van der Waals surface area contributed by atoms with Gasteiger partial charge in [0.25, 0.3) is 0 Å². The molecule has 0 atom stereocenters. The van der Waals surface area contributed by atoms with Crippen LogP contribution in [0.15, 0.2) is 0 Å². The number of amides is 1. The summed E-state index contributed by atoms with van der Waals surface area (Å²) >= 11 is 4.55. The Bertz CT molecular complexity index is 183. The average molecular weight is 178 g/mol. The van der Waals surface area contributed by atoms with E-state index in [1.54, 1.807) is 0 Å². The molecule has 0 aromatic heterocycles. The van der Waals surface area contributed by atoms with Gasteiger partial charge in [-0.25, -0.2) is 4.72 Å². The summed E-state index contributed by atoms with van der Waals surface area (Å²) in [4.78, 5) is 9.65. The SMILES string of the molecule is O=C(Cl)NS(=O)(=O)Cl. The molecule has 0 aromatic carbocycles. The number of carbonyl (C=O) groups excluding carboxylic acids is 1. The maximum atomic E-state index is 9.79. The van der Waals surface area contributed by atoms with Crippen molar-refractivity contribution < 1.29 is 13.2 Å². The van der Waals surface area contributed by atoms with E-state index in [-0.39, 0.29) is 0 Å². The van der Waals surface area contributed by atoms with Gasteiger partial charge in [-0.3, -0.25) is 4.79 Å². The number of nitrogens with one attached hydrogen (secondary N) is 1. The largest absolute Gasteiger partial charge is 0.328 e. The molecule has 8 heavy (non-hydrogen) atoms. The van der Waals surface area contributed by atoms with E-state index >= 15 is 0 Å². The van der Waals surface area contributed by atoms with Crippen molar-refractivity contribution in [1.82, 2.24) is 4.72 Å². The van der Waals surface area contributed by atoms with Crippen LogP contribution in [0, 0.1) is 0 Å². The molecule has 0 aliphatic heterocycles. The van der Waals surface area contributed by atoms with Crippen LogP contribution in [-0.4, -0.2) is 13.8 Å². The lowest BCUT2D eigenvalue weighted by molar-refractivity contribution is 0.264. The summed E-state index contributed by atoms with van der Waals surface area (Å²) in [7, 11) is 0.501. The van der Waals surface area contributed by atoms with Crippen LogP contribution in [0.25, 0.3) is 0 Å². The molecule has 0 saturated carbocycles. The molecule has 0 spiro atoms. The first-order valence-electron chi connectivity index (χ1n) is 1.33. The standard InChI is InChI=1S/CHCl2NO3S/c2-1(5)4-8(3,6)7/h(H,4,5). The van der Waals surface area contributed by atoms with Crippen LogP contribution in [0.2, 0.25) is 0 Å². The van der Waals surface area contributed by atoms with Gasteiger partial charge in [0.2, 0.25) is 0 Å². The molecule has 0 saturated heterocycles. The average Bonchev–Trinajstić information content (AvgIpc) is 1.21. The van der Waals surface area contributed by atoms with Crippen LogP contribution in [0.3, 0.4) is 0 Å². The number of rotatable bonds is 1. The molecule has 4 nitrogen and oxygen atoms in total. The van der Waals surface area contributed by atoms with Gasteiger partial charge in [0.05, 0.1) is 0 Å². The molecular weight excluding hydrogens is 177 g/mol. The maximum absolute atomic E-state index is 9.79. The van der Waals surface area contributed by atoms with E-state index in [4.69, 9.17) is 0 Å². The molecule has 0 radical (unpaired) electrons. The summed E-state index contributed by atoms with van der Waals surface area (Å²) in [5.41, 5.74) is 0. The van der Waals surface area contributed by atoms with Crippen molar-refractivity contribution in [1.29, 1.82) is 0 Å². The number of halogens is 2. The molecule has 1 N–H and O–H groups in total. The summed E-state index contributed by atoms with van der Waals surface area (Å²) in [5, 5.41) is -1.22. The molecule has 0 aliphatic rings. The van der Waals surface area contributed by atoms with Crippen molar-refractivity contribution >= 4 is 36.9 Å². The van der Waals surface area contributed by atoms with Crippen molar-refractivity contribution in [2.45, 2.75) is 0 Å². The fourth-order valence-electron chi connectivity index (χ4n) is 0.0958. The molecule has 1 amide bonds. The minimum Gasteiger partial charge on any atom is -0.255 e. The Kier molecular flexibility index (Phi) is 2.52. The third-order valence-corrected chi connectivity index (χ3v) is 1.07. The fourth-order valence-corrected chi connectivity index (χ4v) is 0.921. The normalized spacial score (nSPS) is 10.8. The van der Waals surface area contributed by atoms with Gasteiger partial charge in [0.15, 0.2) is 0 Å². The molecule has 0 heterocycles. The van der Waals surface area contributed by atoms with Crippen LogP contribution in [-0.2, 0) is 9.24 Å². The van der Waals surface area contributed by atoms with Gasteiger partial charge in [-0.1, -0.05) is 0 Å². The minimum atomic E-state index is -3.98. The van der Waals surface area contributed by atoms with Gasteiger partial charge < -0.3 is 0 Å². The van der Waals surface area contributed by atoms with E-state index in [1.165, 1.54) is 4.72 Å². The van der Waals surface area contributed by atoms with Gasteiger partial charge in [-0.15, -0.1) is 0 Å². The molecule has 0 aliphatic carbocycles. The van der Waals surface area contributed by atoms with E-state index in [9.17, 15) is 13.2 Å². The maximum Gasteiger partial charge on any atom is 0.328 e. The summed E-state index contributed by atoms with van der Waals surface area (Å²) in [5.74, 6) is 0. The van der Waals surface area contributed by atoms with Crippen LogP contribution in [0.4, 0.5) is 4.79 Å². The monoisotopic (exact) mass is 177 g/mol. The van der Waals surface area contributed by atoms with Crippen molar-refractivity contribution in [3.8, 4) is 0 Å². The van der Waals surface area contributed by atoms with Crippen molar-refractivity contribution in [2.75, 3.05) is 0 Å². The molecule has 0 bridgehead atoms. The highest BCUT2D eigenvalue weighted by Crippen LogP contribution is 1.90.